The van der Waals surface area contributed by atoms with Crippen molar-refractivity contribution in [2.24, 2.45) is 4.99 Å². The van der Waals surface area contributed by atoms with Crippen molar-refractivity contribution in [3.8, 4) is 0 Å². The molecule has 0 atom stereocenters. The molecule has 1 saturated heterocycles. The van der Waals surface area contributed by atoms with Crippen LogP contribution in [0.5, 0.6) is 0 Å². The van der Waals surface area contributed by atoms with Crippen molar-refractivity contribution in [1.29, 1.82) is 0 Å². The molecule has 0 bridgehead atoms. The fraction of sp³-hybridized carbons (Fsp3) is 0.667. The second kappa shape index (κ2) is 3.05. The maximum absolute atomic E-state index is 10.9. The summed E-state index contributed by atoms with van der Waals surface area (Å²) in [6.45, 7) is 2.71. The van der Waals surface area contributed by atoms with Gasteiger partial charge in [0.05, 0.1) is 5.75 Å². The molecule has 3 nitrogen and oxygen atoms in total. The highest BCUT2D eigenvalue weighted by Crippen LogP contribution is 2.16. The van der Waals surface area contributed by atoms with E-state index in [1.54, 1.807) is 11.9 Å². The van der Waals surface area contributed by atoms with E-state index in [1.165, 1.54) is 11.8 Å². The van der Waals surface area contributed by atoms with Gasteiger partial charge in [-0.3, -0.25) is 14.7 Å². The van der Waals surface area contributed by atoms with Crippen LogP contribution in [0.15, 0.2) is 4.99 Å². The molecule has 1 aliphatic heterocycles. The summed E-state index contributed by atoms with van der Waals surface area (Å²) in [6, 6.07) is 0. The third-order valence-corrected chi connectivity index (χ3v) is 2.33. The Morgan fingerprint density at radius 2 is 2.50 bits per heavy atom. The molecule has 0 spiro atoms. The fourth-order valence-electron chi connectivity index (χ4n) is 0.714. The summed E-state index contributed by atoms with van der Waals surface area (Å²) in [5.74, 6) is 0.701. The summed E-state index contributed by atoms with van der Waals surface area (Å²) < 4.78 is 0. The van der Waals surface area contributed by atoms with E-state index in [9.17, 15) is 4.79 Å². The summed E-state index contributed by atoms with van der Waals surface area (Å²) in [4.78, 5) is 16.6. The molecule has 0 aromatic carbocycles. The highest BCUT2D eigenvalue weighted by atomic mass is 32.2. The fourth-order valence-corrected chi connectivity index (χ4v) is 1.68. The van der Waals surface area contributed by atoms with Crippen LogP contribution in [0.4, 0.5) is 0 Å². The molecular weight excluding hydrogens is 148 g/mol. The number of aliphatic imine (C=N–C) groups is 1. The van der Waals surface area contributed by atoms with Crippen molar-refractivity contribution in [2.45, 2.75) is 6.92 Å². The van der Waals surface area contributed by atoms with Crippen LogP contribution >= 0.6 is 11.8 Å². The van der Waals surface area contributed by atoms with Gasteiger partial charge in [-0.25, -0.2) is 0 Å². The lowest BCUT2D eigenvalue weighted by molar-refractivity contribution is -0.123. The van der Waals surface area contributed by atoms with Crippen LogP contribution in [0, 0.1) is 0 Å². The molecule has 1 aliphatic rings. The summed E-state index contributed by atoms with van der Waals surface area (Å²) in [7, 11) is 1.76. The first-order valence-corrected chi connectivity index (χ1v) is 4.18. The maximum Gasteiger partial charge on any atom is 0.238 e. The number of carbonyl (C=O) groups is 1. The summed E-state index contributed by atoms with van der Waals surface area (Å²) >= 11 is 1.51. The van der Waals surface area contributed by atoms with E-state index in [0.29, 0.717) is 5.75 Å². The van der Waals surface area contributed by atoms with Gasteiger partial charge in [-0.15, -0.1) is 0 Å². The van der Waals surface area contributed by atoms with Gasteiger partial charge in [0.15, 0.2) is 5.17 Å². The highest BCUT2D eigenvalue weighted by Gasteiger charge is 2.23. The third kappa shape index (κ3) is 1.31. The van der Waals surface area contributed by atoms with Gasteiger partial charge in [-0.05, 0) is 6.92 Å². The zero-order valence-corrected chi connectivity index (χ0v) is 6.94. The number of thioether (sulfide) groups is 1. The number of nitrogens with zero attached hydrogens (tertiary/aromatic N) is 2. The average Bonchev–Trinajstić information content (AvgIpc) is 2.20. The lowest BCUT2D eigenvalue weighted by atomic mass is 10.6. The summed E-state index contributed by atoms with van der Waals surface area (Å²) in [6.07, 6.45) is 0. The highest BCUT2D eigenvalue weighted by molar-refractivity contribution is 8.15. The minimum atomic E-state index is 0.150. The van der Waals surface area contributed by atoms with Crippen molar-refractivity contribution < 1.29 is 4.79 Å². The Kier molecular flexibility index (Phi) is 2.32. The van der Waals surface area contributed by atoms with Crippen molar-refractivity contribution >= 4 is 22.8 Å². The monoisotopic (exact) mass is 158 g/mol. The Hall–Kier alpha value is -0.510. The first-order valence-electron chi connectivity index (χ1n) is 3.19. The molecule has 1 amide bonds. The molecule has 0 aromatic rings. The van der Waals surface area contributed by atoms with E-state index >= 15 is 0 Å². The lowest BCUT2D eigenvalue weighted by Gasteiger charge is -2.06. The second-order valence-electron chi connectivity index (χ2n) is 2.00. The molecule has 0 N–H and O–H groups in total. The molecule has 1 rings (SSSR count). The number of rotatable bonds is 1. The molecule has 0 aliphatic carbocycles. The molecule has 0 aromatic heterocycles. The van der Waals surface area contributed by atoms with Crippen LogP contribution in [-0.2, 0) is 4.79 Å². The minimum Gasteiger partial charge on any atom is -0.294 e. The van der Waals surface area contributed by atoms with Crippen molar-refractivity contribution in [2.75, 3.05) is 19.3 Å². The molecule has 0 radical (unpaired) electrons. The van der Waals surface area contributed by atoms with E-state index in [4.69, 9.17) is 0 Å². The van der Waals surface area contributed by atoms with Crippen molar-refractivity contribution in [3.05, 3.63) is 0 Å². The first kappa shape index (κ1) is 7.60. The third-order valence-electron chi connectivity index (χ3n) is 1.28. The minimum absolute atomic E-state index is 0.150. The Morgan fingerprint density at radius 3 is 2.90 bits per heavy atom. The van der Waals surface area contributed by atoms with Crippen LogP contribution in [0.2, 0.25) is 0 Å². The van der Waals surface area contributed by atoms with Gasteiger partial charge in [0.2, 0.25) is 5.91 Å². The van der Waals surface area contributed by atoms with E-state index < -0.39 is 0 Å². The van der Waals surface area contributed by atoms with Gasteiger partial charge in [0.25, 0.3) is 0 Å². The number of carbonyl (C=O) groups excluding carboxylic acids is 1. The molecule has 1 heterocycles. The molecular formula is C6H10N2OS. The number of amides is 1. The summed E-state index contributed by atoms with van der Waals surface area (Å²) in [5, 5.41) is 0.854. The zero-order valence-electron chi connectivity index (χ0n) is 6.13. The van der Waals surface area contributed by atoms with Gasteiger partial charge < -0.3 is 0 Å². The second-order valence-corrected chi connectivity index (χ2v) is 2.94. The van der Waals surface area contributed by atoms with Crippen LogP contribution in [-0.4, -0.2) is 35.3 Å². The largest absolute Gasteiger partial charge is 0.294 e. The molecule has 56 valence electrons. The van der Waals surface area contributed by atoms with E-state index in [1.807, 2.05) is 6.92 Å². The Balaban J connectivity index is 2.65. The topological polar surface area (TPSA) is 32.7 Å². The standard InChI is InChI=1S/C6H10N2OS/c1-3-7-6-8(2)5(9)4-10-6/h3-4H2,1-2H3. The SMILES string of the molecule is CCN=C1SCC(=O)N1C. The van der Waals surface area contributed by atoms with E-state index in [2.05, 4.69) is 4.99 Å². The number of hydrogen-bond donors (Lipinski definition) is 0. The Bertz CT molecular complexity index is 179. The van der Waals surface area contributed by atoms with Crippen molar-refractivity contribution in [3.63, 3.8) is 0 Å². The average molecular weight is 158 g/mol. The van der Waals surface area contributed by atoms with Gasteiger partial charge in [-0.1, -0.05) is 11.8 Å². The zero-order chi connectivity index (χ0) is 7.56. The quantitative estimate of drug-likeness (QED) is 0.559. The molecule has 0 unspecified atom stereocenters. The van der Waals surface area contributed by atoms with Crippen molar-refractivity contribution in [1.82, 2.24) is 4.90 Å². The lowest BCUT2D eigenvalue weighted by Crippen LogP contribution is -2.24. The molecule has 4 heteroatoms. The molecule has 1 fully saturated rings. The molecule has 10 heavy (non-hydrogen) atoms. The van der Waals surface area contributed by atoms with Gasteiger partial charge in [0, 0.05) is 13.6 Å². The van der Waals surface area contributed by atoms with Crippen LogP contribution in [0.25, 0.3) is 0 Å². The van der Waals surface area contributed by atoms with Gasteiger partial charge >= 0.3 is 0 Å². The van der Waals surface area contributed by atoms with E-state index in [-0.39, 0.29) is 5.91 Å². The van der Waals surface area contributed by atoms with Crippen LogP contribution < -0.4 is 0 Å². The number of hydrogen-bond acceptors (Lipinski definition) is 3. The van der Waals surface area contributed by atoms with Gasteiger partial charge in [-0.2, -0.15) is 0 Å². The van der Waals surface area contributed by atoms with Crippen LogP contribution in [0.3, 0.4) is 0 Å². The normalized spacial score (nSPS) is 22.8. The van der Waals surface area contributed by atoms with Gasteiger partial charge in [0.1, 0.15) is 0 Å². The predicted octanol–water partition coefficient (Wildman–Crippen LogP) is 0.568. The smallest absolute Gasteiger partial charge is 0.238 e. The number of amidine groups is 1. The van der Waals surface area contributed by atoms with E-state index in [0.717, 1.165) is 11.7 Å². The molecule has 0 saturated carbocycles. The first-order chi connectivity index (χ1) is 4.75. The maximum atomic E-state index is 10.9. The Morgan fingerprint density at radius 1 is 1.80 bits per heavy atom. The summed E-state index contributed by atoms with van der Waals surface area (Å²) in [5.41, 5.74) is 0. The predicted molar refractivity (Wildman–Crippen MR) is 43.2 cm³/mol. The Labute approximate surface area is 64.5 Å². The van der Waals surface area contributed by atoms with Crippen LogP contribution in [0.1, 0.15) is 6.92 Å².